The molecule has 1 aromatic heterocycles. The summed E-state index contributed by atoms with van der Waals surface area (Å²) in [6.07, 6.45) is 1.28. The first-order valence-electron chi connectivity index (χ1n) is 8.72. The van der Waals surface area contributed by atoms with Gasteiger partial charge in [0.2, 0.25) is 5.95 Å². The second kappa shape index (κ2) is 5.91. The zero-order valence-corrected chi connectivity index (χ0v) is 14.0. The van der Waals surface area contributed by atoms with Crippen molar-refractivity contribution in [2.24, 2.45) is 0 Å². The monoisotopic (exact) mass is 343 g/mol. The lowest BCUT2D eigenvalue weighted by molar-refractivity contribution is -0.116. The summed E-state index contributed by atoms with van der Waals surface area (Å²) in [4.78, 5) is 13.1. The van der Waals surface area contributed by atoms with Gasteiger partial charge >= 0.3 is 0 Å². The summed E-state index contributed by atoms with van der Waals surface area (Å²) >= 11 is 0. The average Bonchev–Trinajstić information content (AvgIpc) is 3.15. The van der Waals surface area contributed by atoms with E-state index in [0.29, 0.717) is 12.4 Å². The third-order valence-corrected chi connectivity index (χ3v) is 5.17. The molecular weight excluding hydrogens is 326 g/mol. The number of carbonyl (C=O) groups is 1. The first-order valence-corrected chi connectivity index (χ1v) is 8.72. The van der Waals surface area contributed by atoms with Crippen LogP contribution < -0.4 is 5.32 Å². The van der Waals surface area contributed by atoms with E-state index in [0.717, 1.165) is 23.3 Å². The number of hydrogen-bond acceptors (Lipinski definition) is 5. The first-order chi connectivity index (χ1) is 12.8. The van der Waals surface area contributed by atoms with E-state index < -0.39 is 0 Å². The number of allylic oxidation sites excluding steroid dienone is 2. The molecule has 2 atom stereocenters. The highest BCUT2D eigenvalue weighted by Crippen LogP contribution is 2.43. The fourth-order valence-electron chi connectivity index (χ4n) is 3.98. The fourth-order valence-corrected chi connectivity index (χ4v) is 3.98. The summed E-state index contributed by atoms with van der Waals surface area (Å²) in [6, 6.07) is 19.9. The predicted octanol–water partition coefficient (Wildman–Crippen LogP) is 3.09. The minimum Gasteiger partial charge on any atom is -0.326 e. The Bertz CT molecular complexity index is 993. The van der Waals surface area contributed by atoms with Crippen LogP contribution in [0.3, 0.4) is 0 Å². The number of aromatic nitrogens is 4. The molecule has 0 saturated heterocycles. The highest BCUT2D eigenvalue weighted by molar-refractivity contribution is 6.00. The van der Waals surface area contributed by atoms with Crippen molar-refractivity contribution in [1.82, 2.24) is 20.2 Å². The Morgan fingerprint density at radius 1 is 0.923 bits per heavy atom. The van der Waals surface area contributed by atoms with Crippen LogP contribution in [0.4, 0.5) is 5.95 Å². The van der Waals surface area contributed by atoms with Gasteiger partial charge in [-0.25, -0.2) is 0 Å². The molecule has 6 heteroatoms. The Kier molecular flexibility index (Phi) is 3.41. The second-order valence-corrected chi connectivity index (χ2v) is 6.72. The molecule has 2 aromatic carbocycles. The maximum absolute atomic E-state index is 13.1. The Balaban J connectivity index is 1.61. The third-order valence-electron chi connectivity index (χ3n) is 5.17. The van der Waals surface area contributed by atoms with Gasteiger partial charge < -0.3 is 5.32 Å². The van der Waals surface area contributed by atoms with Gasteiger partial charge in [-0.05, 0) is 33.9 Å². The van der Waals surface area contributed by atoms with Crippen LogP contribution in [0.1, 0.15) is 35.9 Å². The van der Waals surface area contributed by atoms with Gasteiger partial charge in [-0.2, -0.15) is 4.68 Å². The molecule has 2 unspecified atom stereocenters. The number of fused-ring (bicyclic) bond motifs is 1. The second-order valence-electron chi connectivity index (χ2n) is 6.72. The van der Waals surface area contributed by atoms with Crippen LogP contribution in [0.15, 0.2) is 71.9 Å². The van der Waals surface area contributed by atoms with Crippen LogP contribution >= 0.6 is 0 Å². The van der Waals surface area contributed by atoms with E-state index in [1.807, 2.05) is 48.5 Å². The Hall–Kier alpha value is -3.28. The maximum atomic E-state index is 13.1. The number of carbonyl (C=O) groups excluding carboxylic acids is 1. The first kappa shape index (κ1) is 15.0. The fraction of sp³-hybridized carbons (Fsp3) is 0.200. The lowest BCUT2D eigenvalue weighted by Crippen LogP contribution is -2.33. The number of hydrogen-bond donors (Lipinski definition) is 1. The Labute approximate surface area is 150 Å². The molecule has 0 radical (unpaired) electrons. The normalized spacial score (nSPS) is 21.8. The summed E-state index contributed by atoms with van der Waals surface area (Å²) < 4.78 is 1.70. The van der Waals surface area contributed by atoms with Gasteiger partial charge in [0.25, 0.3) is 0 Å². The van der Waals surface area contributed by atoms with Crippen LogP contribution in [0.25, 0.3) is 0 Å². The Morgan fingerprint density at radius 2 is 1.62 bits per heavy atom. The summed E-state index contributed by atoms with van der Waals surface area (Å²) in [6.45, 7) is 0. The maximum Gasteiger partial charge on any atom is 0.248 e. The van der Waals surface area contributed by atoms with Gasteiger partial charge in [-0.1, -0.05) is 65.8 Å². The van der Waals surface area contributed by atoms with E-state index in [4.69, 9.17) is 0 Å². The van der Waals surface area contributed by atoms with E-state index in [-0.39, 0.29) is 17.7 Å². The van der Waals surface area contributed by atoms with Gasteiger partial charge in [-0.3, -0.25) is 4.79 Å². The molecule has 1 aliphatic carbocycles. The molecule has 5 rings (SSSR count). The van der Waals surface area contributed by atoms with E-state index in [1.165, 1.54) is 5.56 Å². The summed E-state index contributed by atoms with van der Waals surface area (Å²) in [7, 11) is 0. The minimum atomic E-state index is -0.276. The summed E-state index contributed by atoms with van der Waals surface area (Å²) in [5.74, 6) is 0.913. The van der Waals surface area contributed by atoms with E-state index in [2.05, 4.69) is 33.0 Å². The zero-order chi connectivity index (χ0) is 17.5. The number of Topliss-reactive ketones (excluding diaryl/α,β-unsaturated/α-hetero) is 1. The van der Waals surface area contributed by atoms with Gasteiger partial charge in [0.05, 0.1) is 0 Å². The lowest BCUT2D eigenvalue weighted by Gasteiger charge is -2.34. The molecule has 0 spiro atoms. The van der Waals surface area contributed by atoms with Crippen molar-refractivity contribution in [1.29, 1.82) is 0 Å². The highest BCUT2D eigenvalue weighted by Gasteiger charge is 2.39. The van der Waals surface area contributed by atoms with E-state index in [1.54, 1.807) is 4.68 Å². The van der Waals surface area contributed by atoms with Crippen LogP contribution in [0.5, 0.6) is 0 Å². The predicted molar refractivity (Wildman–Crippen MR) is 96.5 cm³/mol. The third kappa shape index (κ3) is 2.34. The van der Waals surface area contributed by atoms with E-state index in [9.17, 15) is 4.79 Å². The molecule has 1 N–H and O–H groups in total. The highest BCUT2D eigenvalue weighted by atomic mass is 16.1. The van der Waals surface area contributed by atoms with Crippen molar-refractivity contribution in [3.8, 4) is 0 Å². The molecule has 2 aliphatic rings. The van der Waals surface area contributed by atoms with Gasteiger partial charge in [0, 0.05) is 17.7 Å². The number of benzene rings is 2. The smallest absolute Gasteiger partial charge is 0.248 e. The van der Waals surface area contributed by atoms with Crippen LogP contribution in [0.2, 0.25) is 0 Å². The van der Waals surface area contributed by atoms with Crippen molar-refractivity contribution < 1.29 is 4.79 Å². The van der Waals surface area contributed by atoms with Crippen molar-refractivity contribution in [2.75, 3.05) is 5.32 Å². The molecule has 2 heterocycles. The van der Waals surface area contributed by atoms with Crippen molar-refractivity contribution in [3.05, 3.63) is 83.1 Å². The van der Waals surface area contributed by atoms with Crippen LogP contribution in [-0.4, -0.2) is 26.0 Å². The lowest BCUT2D eigenvalue weighted by atomic mass is 9.78. The molecular formula is C20H17N5O. The summed E-state index contributed by atoms with van der Waals surface area (Å²) in [5.41, 5.74) is 3.92. The quantitative estimate of drug-likeness (QED) is 0.774. The van der Waals surface area contributed by atoms with E-state index >= 15 is 0 Å². The molecule has 1 aliphatic heterocycles. The van der Waals surface area contributed by atoms with Crippen molar-refractivity contribution in [2.45, 2.75) is 24.8 Å². The van der Waals surface area contributed by atoms with Gasteiger partial charge in [0.1, 0.15) is 6.04 Å². The largest absolute Gasteiger partial charge is 0.326 e. The van der Waals surface area contributed by atoms with Crippen LogP contribution in [0, 0.1) is 0 Å². The number of nitrogens with one attached hydrogen (secondary N) is 1. The molecule has 0 fully saturated rings. The van der Waals surface area contributed by atoms with Gasteiger partial charge in [0.15, 0.2) is 5.78 Å². The average molecular weight is 343 g/mol. The SMILES string of the molecule is O=C1CC(c2ccccc2)CC2=C1C(c1ccccc1)n1nnnc1N2. The minimum absolute atomic E-state index is 0.155. The van der Waals surface area contributed by atoms with Crippen LogP contribution in [-0.2, 0) is 4.79 Å². The number of anilines is 1. The van der Waals surface area contributed by atoms with Gasteiger partial charge in [-0.15, -0.1) is 0 Å². The molecule has 3 aromatic rings. The zero-order valence-electron chi connectivity index (χ0n) is 14.0. The van der Waals surface area contributed by atoms with Crippen molar-refractivity contribution >= 4 is 11.7 Å². The number of rotatable bonds is 2. The molecule has 0 saturated carbocycles. The molecule has 6 nitrogen and oxygen atoms in total. The van der Waals surface area contributed by atoms with Crippen molar-refractivity contribution in [3.63, 3.8) is 0 Å². The number of tetrazole rings is 1. The molecule has 26 heavy (non-hydrogen) atoms. The molecule has 0 amide bonds. The standard InChI is InChI=1S/C20H17N5O/c26-17-12-15(13-7-3-1-4-8-13)11-16-18(17)19(14-9-5-2-6-10-14)25-20(21-16)22-23-24-25/h1-10,15,19H,11-12H2,(H,21,22,24). The number of ketones is 1. The number of nitrogens with zero attached hydrogens (tertiary/aromatic N) is 4. The summed E-state index contributed by atoms with van der Waals surface area (Å²) in [5, 5.41) is 15.3. The molecule has 0 bridgehead atoms. The molecule has 128 valence electrons. The topological polar surface area (TPSA) is 72.7 Å². The Morgan fingerprint density at radius 3 is 2.35 bits per heavy atom.